The molecule has 0 spiro atoms. The highest BCUT2D eigenvalue weighted by Gasteiger charge is 2.16. The first kappa shape index (κ1) is 23.2. The number of hydrogen-bond donors (Lipinski definition) is 1. The van der Waals surface area contributed by atoms with Crippen LogP contribution in [0.25, 0.3) is 10.9 Å². The number of nitrogens with zero attached hydrogens (tertiary/aromatic N) is 2. The molecule has 4 rings (SSSR count). The molecule has 1 unspecified atom stereocenters. The minimum atomic E-state index is -0.466. The normalized spacial score (nSPS) is 11.9. The molecule has 0 fully saturated rings. The number of amides is 1. The molecule has 1 aromatic heterocycles. The standard InChI is InChI=1S/C28H29N3O3/c1-21(16-17-22-10-4-2-5-11-22)29-26(32)20-31-25-15-9-8-14-24(25)27(33)30(28(31)34)19-18-23-12-6-3-7-13-23/h2-15,21H,16-20H2,1H3,(H,29,32). The molecular formula is C28H29N3O3. The van der Waals surface area contributed by atoms with Gasteiger partial charge < -0.3 is 5.32 Å². The van der Waals surface area contributed by atoms with Crippen LogP contribution in [0.1, 0.15) is 24.5 Å². The van der Waals surface area contributed by atoms with Gasteiger partial charge in [0.25, 0.3) is 5.56 Å². The zero-order chi connectivity index (χ0) is 23.9. The number of benzene rings is 3. The Balaban J connectivity index is 1.53. The van der Waals surface area contributed by atoms with Crippen molar-refractivity contribution in [2.24, 2.45) is 0 Å². The van der Waals surface area contributed by atoms with Crippen molar-refractivity contribution >= 4 is 16.8 Å². The maximum Gasteiger partial charge on any atom is 0.331 e. The molecular weight excluding hydrogens is 426 g/mol. The van der Waals surface area contributed by atoms with E-state index in [0.717, 1.165) is 18.4 Å². The molecule has 0 aliphatic heterocycles. The summed E-state index contributed by atoms with van der Waals surface area (Å²) in [6.07, 6.45) is 2.20. The predicted octanol–water partition coefficient (Wildman–Crippen LogP) is 3.54. The fourth-order valence-electron chi connectivity index (χ4n) is 4.17. The van der Waals surface area contributed by atoms with Crippen molar-refractivity contribution < 1.29 is 4.79 Å². The average Bonchev–Trinajstić information content (AvgIpc) is 2.86. The van der Waals surface area contributed by atoms with Gasteiger partial charge in [-0.15, -0.1) is 0 Å². The Labute approximate surface area is 198 Å². The first-order valence-corrected chi connectivity index (χ1v) is 11.6. The van der Waals surface area contributed by atoms with E-state index in [4.69, 9.17) is 0 Å². The minimum Gasteiger partial charge on any atom is -0.352 e. The number of carbonyl (C=O) groups is 1. The molecule has 6 heteroatoms. The Bertz CT molecular complexity index is 1380. The highest BCUT2D eigenvalue weighted by Crippen LogP contribution is 2.09. The van der Waals surface area contributed by atoms with Crippen LogP contribution in [0.3, 0.4) is 0 Å². The quantitative estimate of drug-likeness (QED) is 0.420. The predicted molar refractivity (Wildman–Crippen MR) is 135 cm³/mol. The van der Waals surface area contributed by atoms with Gasteiger partial charge >= 0.3 is 5.69 Å². The number of nitrogens with one attached hydrogen (secondary N) is 1. The topological polar surface area (TPSA) is 73.1 Å². The van der Waals surface area contributed by atoms with E-state index in [0.29, 0.717) is 17.3 Å². The van der Waals surface area contributed by atoms with Crippen LogP contribution in [-0.2, 0) is 30.7 Å². The molecule has 34 heavy (non-hydrogen) atoms. The largest absolute Gasteiger partial charge is 0.352 e. The second kappa shape index (κ2) is 10.8. The first-order valence-electron chi connectivity index (χ1n) is 11.6. The number of carbonyl (C=O) groups excluding carboxylic acids is 1. The van der Waals surface area contributed by atoms with Crippen LogP contribution in [0.5, 0.6) is 0 Å². The van der Waals surface area contributed by atoms with Crippen molar-refractivity contribution in [2.75, 3.05) is 0 Å². The lowest BCUT2D eigenvalue weighted by molar-refractivity contribution is -0.122. The number of aryl methyl sites for hydroxylation is 2. The molecule has 174 valence electrons. The fraction of sp³-hybridized carbons (Fsp3) is 0.250. The van der Waals surface area contributed by atoms with Crippen LogP contribution in [0.2, 0.25) is 0 Å². The third-order valence-electron chi connectivity index (χ3n) is 6.02. The molecule has 6 nitrogen and oxygen atoms in total. The van der Waals surface area contributed by atoms with Crippen molar-refractivity contribution in [3.63, 3.8) is 0 Å². The van der Waals surface area contributed by atoms with Gasteiger partial charge in [0, 0.05) is 12.6 Å². The van der Waals surface area contributed by atoms with Crippen molar-refractivity contribution in [1.82, 2.24) is 14.5 Å². The zero-order valence-electron chi connectivity index (χ0n) is 19.3. The molecule has 0 radical (unpaired) electrons. The Kier molecular flexibility index (Phi) is 7.38. The van der Waals surface area contributed by atoms with Gasteiger partial charge in [0.2, 0.25) is 5.91 Å². The van der Waals surface area contributed by atoms with E-state index in [2.05, 4.69) is 17.4 Å². The van der Waals surface area contributed by atoms with Crippen LogP contribution in [-0.4, -0.2) is 21.1 Å². The van der Waals surface area contributed by atoms with Crippen molar-refractivity contribution in [3.05, 3.63) is 117 Å². The van der Waals surface area contributed by atoms with Crippen LogP contribution >= 0.6 is 0 Å². The number of para-hydroxylation sites is 1. The maximum absolute atomic E-state index is 13.3. The van der Waals surface area contributed by atoms with E-state index < -0.39 is 5.69 Å². The molecule has 4 aromatic rings. The van der Waals surface area contributed by atoms with Crippen molar-refractivity contribution in [1.29, 1.82) is 0 Å². The first-order chi connectivity index (χ1) is 16.5. The molecule has 0 saturated carbocycles. The van der Waals surface area contributed by atoms with Crippen molar-refractivity contribution in [2.45, 2.75) is 45.3 Å². The van der Waals surface area contributed by atoms with Gasteiger partial charge in [-0.1, -0.05) is 72.8 Å². The maximum atomic E-state index is 13.3. The molecule has 1 atom stereocenters. The number of rotatable bonds is 9. The minimum absolute atomic E-state index is 0.0429. The Morgan fingerprint density at radius 3 is 2.06 bits per heavy atom. The smallest absolute Gasteiger partial charge is 0.331 e. The Hall–Kier alpha value is -3.93. The van der Waals surface area contributed by atoms with E-state index in [-0.39, 0.29) is 30.6 Å². The summed E-state index contributed by atoms with van der Waals surface area (Å²) in [7, 11) is 0. The van der Waals surface area contributed by atoms with E-state index in [1.165, 1.54) is 14.7 Å². The van der Waals surface area contributed by atoms with E-state index in [1.54, 1.807) is 24.3 Å². The van der Waals surface area contributed by atoms with Crippen molar-refractivity contribution in [3.8, 4) is 0 Å². The van der Waals surface area contributed by atoms with Gasteiger partial charge in [0.1, 0.15) is 6.54 Å². The summed E-state index contributed by atoms with van der Waals surface area (Å²) >= 11 is 0. The summed E-state index contributed by atoms with van der Waals surface area (Å²) in [5, 5.41) is 3.43. The molecule has 0 saturated heterocycles. The lowest BCUT2D eigenvalue weighted by Gasteiger charge is -2.17. The summed E-state index contributed by atoms with van der Waals surface area (Å²) < 4.78 is 2.64. The third-order valence-corrected chi connectivity index (χ3v) is 6.02. The average molecular weight is 456 g/mol. The molecule has 1 N–H and O–H groups in total. The highest BCUT2D eigenvalue weighted by atomic mass is 16.2. The van der Waals surface area contributed by atoms with E-state index in [9.17, 15) is 14.4 Å². The summed E-state index contributed by atoms with van der Waals surface area (Å²) in [6, 6.07) is 26.8. The second-order valence-electron chi connectivity index (χ2n) is 8.57. The second-order valence-corrected chi connectivity index (χ2v) is 8.57. The van der Waals surface area contributed by atoms with Crippen LogP contribution in [0, 0.1) is 0 Å². The fourth-order valence-corrected chi connectivity index (χ4v) is 4.17. The van der Waals surface area contributed by atoms with Gasteiger partial charge in [-0.25, -0.2) is 4.79 Å². The molecule has 0 aliphatic carbocycles. The monoisotopic (exact) mass is 455 g/mol. The molecule has 1 amide bonds. The van der Waals surface area contributed by atoms with E-state index >= 15 is 0 Å². The van der Waals surface area contributed by atoms with E-state index in [1.807, 2.05) is 55.5 Å². The van der Waals surface area contributed by atoms with Crippen LogP contribution in [0.4, 0.5) is 0 Å². The lowest BCUT2D eigenvalue weighted by atomic mass is 10.1. The number of hydrogen-bond acceptors (Lipinski definition) is 3. The van der Waals surface area contributed by atoms with Gasteiger partial charge in [-0.3, -0.25) is 18.7 Å². The van der Waals surface area contributed by atoms with Crippen LogP contribution < -0.4 is 16.6 Å². The van der Waals surface area contributed by atoms with Gasteiger partial charge in [-0.2, -0.15) is 0 Å². The highest BCUT2D eigenvalue weighted by molar-refractivity contribution is 5.81. The Morgan fingerprint density at radius 1 is 0.794 bits per heavy atom. The number of aromatic nitrogens is 2. The van der Waals surface area contributed by atoms with Crippen LogP contribution in [0.15, 0.2) is 94.5 Å². The summed E-state index contributed by atoms with van der Waals surface area (Å²) in [4.78, 5) is 39.2. The molecule has 0 aliphatic rings. The SMILES string of the molecule is CC(CCc1ccccc1)NC(=O)Cn1c(=O)n(CCc2ccccc2)c(=O)c2ccccc21. The third kappa shape index (κ3) is 5.52. The lowest BCUT2D eigenvalue weighted by Crippen LogP contribution is -2.44. The zero-order valence-corrected chi connectivity index (χ0v) is 19.3. The van der Waals surface area contributed by atoms with Gasteiger partial charge in [0.15, 0.2) is 0 Å². The molecule has 1 heterocycles. The summed E-state index contributed by atoms with van der Waals surface area (Å²) in [5.41, 5.74) is 1.94. The molecule has 0 bridgehead atoms. The Morgan fingerprint density at radius 2 is 1.38 bits per heavy atom. The number of fused-ring (bicyclic) bond motifs is 1. The molecule has 3 aromatic carbocycles. The summed E-state index contributed by atoms with van der Waals surface area (Å²) in [5.74, 6) is -0.249. The summed E-state index contributed by atoms with van der Waals surface area (Å²) in [6.45, 7) is 2.07. The van der Waals surface area contributed by atoms with Gasteiger partial charge in [-0.05, 0) is 49.4 Å². The van der Waals surface area contributed by atoms with Gasteiger partial charge in [0.05, 0.1) is 10.9 Å².